The molecule has 0 radical (unpaired) electrons. The van der Waals surface area contributed by atoms with E-state index in [1.807, 2.05) is 19.9 Å². The number of aryl methyl sites for hydroxylation is 1. The molecule has 1 aromatic carbocycles. The van der Waals surface area contributed by atoms with Gasteiger partial charge in [0.2, 0.25) is 0 Å². The van der Waals surface area contributed by atoms with Crippen LogP contribution in [0.1, 0.15) is 21.7 Å². The monoisotopic (exact) mass is 308 g/mol. The van der Waals surface area contributed by atoms with Crippen LogP contribution in [0.5, 0.6) is 0 Å². The fourth-order valence-corrected chi connectivity index (χ4v) is 1.92. The first kappa shape index (κ1) is 12.7. The summed E-state index contributed by atoms with van der Waals surface area (Å²) >= 11 is 3.16. The number of furan rings is 1. The first-order valence-electron chi connectivity index (χ1n) is 5.41. The highest BCUT2D eigenvalue weighted by atomic mass is 79.9. The van der Waals surface area contributed by atoms with Crippen LogP contribution in [0.2, 0.25) is 0 Å². The molecule has 94 valence electrons. The number of nitrogens with two attached hydrogens (primary N) is 1. The summed E-state index contributed by atoms with van der Waals surface area (Å²) in [5, 5.41) is 2.77. The second-order valence-corrected chi connectivity index (χ2v) is 4.81. The topological polar surface area (TPSA) is 68.3 Å². The number of hydrogen-bond donors (Lipinski definition) is 2. The SMILES string of the molecule is Cc1ccc(N)c(NC(=O)c2ccc(Br)o2)c1C. The molecule has 0 aliphatic rings. The van der Waals surface area contributed by atoms with E-state index in [-0.39, 0.29) is 11.7 Å². The molecular formula is C13H13BrN2O2. The van der Waals surface area contributed by atoms with Crippen molar-refractivity contribution in [1.29, 1.82) is 0 Å². The molecule has 0 fully saturated rings. The maximum Gasteiger partial charge on any atom is 0.291 e. The first-order chi connectivity index (χ1) is 8.49. The molecule has 2 aromatic rings. The Bertz CT molecular complexity index is 605. The zero-order valence-corrected chi connectivity index (χ0v) is 11.7. The molecule has 0 aliphatic heterocycles. The second-order valence-electron chi connectivity index (χ2n) is 4.03. The third-order valence-electron chi connectivity index (χ3n) is 2.80. The third kappa shape index (κ3) is 2.41. The normalized spacial score (nSPS) is 10.4. The van der Waals surface area contributed by atoms with Gasteiger partial charge in [-0.15, -0.1) is 0 Å². The lowest BCUT2D eigenvalue weighted by Gasteiger charge is -2.12. The number of rotatable bonds is 2. The van der Waals surface area contributed by atoms with Crippen molar-refractivity contribution < 1.29 is 9.21 Å². The molecule has 2 rings (SSSR count). The van der Waals surface area contributed by atoms with Gasteiger partial charge >= 0.3 is 0 Å². The van der Waals surface area contributed by atoms with Gasteiger partial charge in [-0.2, -0.15) is 0 Å². The van der Waals surface area contributed by atoms with Gasteiger partial charge in [0.05, 0.1) is 11.4 Å². The Balaban J connectivity index is 2.30. The smallest absolute Gasteiger partial charge is 0.291 e. The Morgan fingerprint density at radius 3 is 2.61 bits per heavy atom. The van der Waals surface area contributed by atoms with Crippen LogP contribution in [0, 0.1) is 13.8 Å². The highest BCUT2D eigenvalue weighted by molar-refractivity contribution is 9.10. The number of nitrogens with one attached hydrogen (secondary N) is 1. The summed E-state index contributed by atoms with van der Waals surface area (Å²) in [5.41, 5.74) is 9.06. The lowest BCUT2D eigenvalue weighted by atomic mass is 10.1. The number of hydrogen-bond acceptors (Lipinski definition) is 3. The maximum atomic E-state index is 12.0. The van der Waals surface area contributed by atoms with Crippen molar-refractivity contribution in [3.05, 3.63) is 45.8 Å². The Labute approximate surface area is 113 Å². The molecule has 0 aliphatic carbocycles. The van der Waals surface area contributed by atoms with Gasteiger partial charge in [0, 0.05) is 0 Å². The second kappa shape index (κ2) is 4.86. The van der Waals surface area contributed by atoms with Gasteiger partial charge in [0.25, 0.3) is 5.91 Å². The van der Waals surface area contributed by atoms with Crippen LogP contribution in [-0.2, 0) is 0 Å². The number of benzene rings is 1. The van der Waals surface area contributed by atoms with E-state index >= 15 is 0 Å². The van der Waals surface area contributed by atoms with Crippen molar-refractivity contribution >= 4 is 33.2 Å². The predicted octanol–water partition coefficient (Wildman–Crippen LogP) is 3.49. The molecular weight excluding hydrogens is 296 g/mol. The van der Waals surface area contributed by atoms with E-state index < -0.39 is 0 Å². The average Bonchev–Trinajstić information content (AvgIpc) is 2.76. The molecule has 0 saturated carbocycles. The zero-order chi connectivity index (χ0) is 13.3. The molecule has 4 nitrogen and oxygen atoms in total. The quantitative estimate of drug-likeness (QED) is 0.834. The third-order valence-corrected chi connectivity index (χ3v) is 3.23. The van der Waals surface area contributed by atoms with Crippen molar-refractivity contribution in [2.75, 3.05) is 11.1 Å². The lowest BCUT2D eigenvalue weighted by Crippen LogP contribution is -2.13. The maximum absolute atomic E-state index is 12.0. The van der Waals surface area contributed by atoms with E-state index in [0.717, 1.165) is 11.1 Å². The summed E-state index contributed by atoms with van der Waals surface area (Å²) in [7, 11) is 0. The number of amides is 1. The number of halogens is 1. The number of carbonyl (C=O) groups is 1. The van der Waals surface area contributed by atoms with E-state index in [9.17, 15) is 4.79 Å². The minimum Gasteiger partial charge on any atom is -0.444 e. The number of anilines is 2. The Hall–Kier alpha value is -1.75. The van der Waals surface area contributed by atoms with Crippen LogP contribution in [0.3, 0.4) is 0 Å². The molecule has 5 heteroatoms. The lowest BCUT2D eigenvalue weighted by molar-refractivity contribution is 0.0995. The van der Waals surface area contributed by atoms with Gasteiger partial charge in [-0.3, -0.25) is 4.79 Å². The Morgan fingerprint density at radius 1 is 1.28 bits per heavy atom. The van der Waals surface area contributed by atoms with Gasteiger partial charge in [0.1, 0.15) is 0 Å². The van der Waals surface area contributed by atoms with Crippen molar-refractivity contribution in [3.63, 3.8) is 0 Å². The van der Waals surface area contributed by atoms with E-state index in [2.05, 4.69) is 21.2 Å². The largest absolute Gasteiger partial charge is 0.444 e. The van der Waals surface area contributed by atoms with E-state index in [0.29, 0.717) is 16.0 Å². The Kier molecular flexibility index (Phi) is 3.43. The average molecular weight is 309 g/mol. The number of nitrogen functional groups attached to an aromatic ring is 1. The van der Waals surface area contributed by atoms with Gasteiger partial charge in [-0.1, -0.05) is 6.07 Å². The van der Waals surface area contributed by atoms with Gasteiger partial charge in [-0.25, -0.2) is 0 Å². The zero-order valence-electron chi connectivity index (χ0n) is 10.1. The fourth-order valence-electron chi connectivity index (χ4n) is 1.61. The van der Waals surface area contributed by atoms with E-state index in [4.69, 9.17) is 10.2 Å². The molecule has 0 atom stereocenters. The van der Waals surface area contributed by atoms with Crippen molar-refractivity contribution in [1.82, 2.24) is 0 Å². The summed E-state index contributed by atoms with van der Waals surface area (Å²) in [6.45, 7) is 3.88. The molecule has 0 unspecified atom stereocenters. The molecule has 1 aromatic heterocycles. The highest BCUT2D eigenvalue weighted by Gasteiger charge is 2.14. The van der Waals surface area contributed by atoms with Crippen molar-refractivity contribution in [3.8, 4) is 0 Å². The molecule has 1 amide bonds. The van der Waals surface area contributed by atoms with E-state index in [1.54, 1.807) is 18.2 Å². The van der Waals surface area contributed by atoms with Crippen molar-refractivity contribution in [2.45, 2.75) is 13.8 Å². The molecule has 1 heterocycles. The highest BCUT2D eigenvalue weighted by Crippen LogP contribution is 2.26. The fraction of sp³-hybridized carbons (Fsp3) is 0.154. The van der Waals surface area contributed by atoms with Crippen LogP contribution < -0.4 is 11.1 Å². The van der Waals surface area contributed by atoms with Crippen LogP contribution in [-0.4, -0.2) is 5.91 Å². The van der Waals surface area contributed by atoms with Crippen LogP contribution in [0.15, 0.2) is 33.4 Å². The summed E-state index contributed by atoms with van der Waals surface area (Å²) in [4.78, 5) is 12.0. The van der Waals surface area contributed by atoms with Crippen molar-refractivity contribution in [2.24, 2.45) is 0 Å². The molecule has 0 spiro atoms. The number of carbonyl (C=O) groups excluding carboxylic acids is 1. The van der Waals surface area contributed by atoms with Crippen LogP contribution in [0.25, 0.3) is 0 Å². The minimum absolute atomic E-state index is 0.238. The van der Waals surface area contributed by atoms with Gasteiger partial charge in [0.15, 0.2) is 10.4 Å². The standard InChI is InChI=1S/C13H13BrN2O2/c1-7-3-4-9(15)12(8(7)2)16-13(17)10-5-6-11(14)18-10/h3-6H,15H2,1-2H3,(H,16,17). The minimum atomic E-state index is -0.318. The predicted molar refractivity (Wildman–Crippen MR) is 74.7 cm³/mol. The first-order valence-corrected chi connectivity index (χ1v) is 6.20. The van der Waals surface area contributed by atoms with Crippen LogP contribution in [0.4, 0.5) is 11.4 Å². The molecule has 3 N–H and O–H groups in total. The van der Waals surface area contributed by atoms with E-state index in [1.165, 1.54) is 0 Å². The Morgan fingerprint density at radius 2 is 2.00 bits per heavy atom. The summed E-state index contributed by atoms with van der Waals surface area (Å²) < 4.78 is 5.71. The summed E-state index contributed by atoms with van der Waals surface area (Å²) in [6.07, 6.45) is 0. The molecule has 0 saturated heterocycles. The summed E-state index contributed by atoms with van der Waals surface area (Å²) in [6, 6.07) is 6.96. The van der Waals surface area contributed by atoms with Crippen LogP contribution >= 0.6 is 15.9 Å². The van der Waals surface area contributed by atoms with Gasteiger partial charge in [-0.05, 0) is 59.1 Å². The molecule has 0 bridgehead atoms. The van der Waals surface area contributed by atoms with Gasteiger partial charge < -0.3 is 15.5 Å². The summed E-state index contributed by atoms with van der Waals surface area (Å²) in [5.74, 6) is -0.0803. The molecule has 18 heavy (non-hydrogen) atoms.